The monoisotopic (exact) mass is 397 g/mol. The molecule has 0 atom stereocenters. The fourth-order valence-electron chi connectivity index (χ4n) is 3.20. The van der Waals surface area contributed by atoms with E-state index in [9.17, 15) is 17.6 Å². The van der Waals surface area contributed by atoms with E-state index in [4.69, 9.17) is 5.53 Å². The summed E-state index contributed by atoms with van der Waals surface area (Å²) >= 11 is 0. The molecule has 0 N–H and O–H groups in total. The number of hydrogen-bond donors (Lipinski definition) is 0. The number of nitrogens with zero attached hydrogens (tertiary/aromatic N) is 3. The molecule has 28 heavy (non-hydrogen) atoms. The number of rotatable bonds is 4. The van der Waals surface area contributed by atoms with E-state index in [1.165, 1.54) is 24.3 Å². The topological polar surface area (TPSA) is 100.0 Å². The second kappa shape index (κ2) is 7.42. The van der Waals surface area contributed by atoms with Crippen molar-refractivity contribution in [3.8, 4) is 0 Å². The molecule has 1 amide bonds. The largest absolute Gasteiger partial charge is 0.292 e. The molecule has 1 aliphatic carbocycles. The Bertz CT molecular complexity index is 1190. The lowest BCUT2D eigenvalue weighted by molar-refractivity contribution is -0.116. The number of carbonyl (C=O) groups excluding carboxylic acids is 1. The Hall–Kier alpha value is -3.22. The van der Waals surface area contributed by atoms with E-state index >= 15 is 0 Å². The van der Waals surface area contributed by atoms with Gasteiger partial charge in [-0.05, 0) is 81.3 Å². The first-order valence-corrected chi connectivity index (χ1v) is 10.2. The van der Waals surface area contributed by atoms with Gasteiger partial charge in [-0.25, -0.2) is 12.8 Å². The van der Waals surface area contributed by atoms with Crippen LogP contribution < -0.4 is 0 Å². The smallest absolute Gasteiger partial charge is 0.223 e. The zero-order chi connectivity index (χ0) is 20.5. The molecular formula is C20H16FN3O3S. The number of benzene rings is 2. The van der Waals surface area contributed by atoms with Crippen molar-refractivity contribution in [2.24, 2.45) is 5.11 Å². The Morgan fingerprint density at radius 2 is 1.86 bits per heavy atom. The van der Waals surface area contributed by atoms with Gasteiger partial charge >= 0.3 is 0 Å². The first-order chi connectivity index (χ1) is 13.2. The van der Waals surface area contributed by atoms with Crippen LogP contribution in [0.4, 0.5) is 4.39 Å². The van der Waals surface area contributed by atoms with E-state index in [0.29, 0.717) is 11.1 Å². The minimum atomic E-state index is -3.29. The minimum absolute atomic E-state index is 0.128. The number of hydrogen-bond acceptors (Lipinski definition) is 3. The van der Waals surface area contributed by atoms with Crippen LogP contribution >= 0.6 is 0 Å². The summed E-state index contributed by atoms with van der Waals surface area (Å²) in [5.74, 6) is -1.08. The predicted octanol–water partition coefficient (Wildman–Crippen LogP) is 4.78. The van der Waals surface area contributed by atoms with Crippen molar-refractivity contribution < 1.29 is 17.6 Å². The van der Waals surface area contributed by atoms with Crippen LogP contribution in [0.1, 0.15) is 30.0 Å². The molecule has 0 radical (unpaired) electrons. The highest BCUT2D eigenvalue weighted by molar-refractivity contribution is 7.90. The number of sulfone groups is 1. The molecule has 3 rings (SSSR count). The molecular weight excluding hydrogens is 381 g/mol. The standard InChI is InChI=1S/C20H16FN3O3S/c1-12-17(9-13-3-6-15(7-4-13)28(2,26)27)16-8-5-14(21)10-19(16)18(12)11-20(25)23-24-22/h3-10H,11H2,1-2H3. The molecule has 0 bridgehead atoms. The minimum Gasteiger partial charge on any atom is -0.292 e. The van der Waals surface area contributed by atoms with Gasteiger partial charge < -0.3 is 0 Å². The van der Waals surface area contributed by atoms with E-state index < -0.39 is 21.6 Å². The van der Waals surface area contributed by atoms with Gasteiger partial charge in [0.05, 0.1) is 4.90 Å². The van der Waals surface area contributed by atoms with Gasteiger partial charge in [-0.2, -0.15) is 0 Å². The van der Waals surface area contributed by atoms with Crippen molar-refractivity contribution >= 4 is 33.0 Å². The molecule has 6 nitrogen and oxygen atoms in total. The molecule has 2 aromatic carbocycles. The number of allylic oxidation sites excluding steroid dienone is 2. The highest BCUT2D eigenvalue weighted by atomic mass is 32.2. The Morgan fingerprint density at radius 1 is 1.18 bits per heavy atom. The SMILES string of the molecule is CC1=C(CC(=O)N=[N+]=[N-])c2cc(F)ccc2C1=Cc1ccc(S(C)(=O)=O)cc1. The molecule has 8 heteroatoms. The lowest BCUT2D eigenvalue weighted by atomic mass is 10.0. The lowest BCUT2D eigenvalue weighted by Crippen LogP contribution is -1.96. The Kier molecular flexibility index (Phi) is 5.18. The van der Waals surface area contributed by atoms with Gasteiger partial charge in [-0.1, -0.05) is 18.2 Å². The summed E-state index contributed by atoms with van der Waals surface area (Å²) in [6.07, 6.45) is 2.86. The fraction of sp³-hybridized carbons (Fsp3) is 0.150. The van der Waals surface area contributed by atoms with Crippen molar-refractivity contribution in [3.63, 3.8) is 0 Å². The third-order valence-corrected chi connectivity index (χ3v) is 5.69. The average Bonchev–Trinajstić information content (AvgIpc) is 2.87. The highest BCUT2D eigenvalue weighted by Gasteiger charge is 2.25. The van der Waals surface area contributed by atoms with Crippen LogP contribution in [0.3, 0.4) is 0 Å². The fourth-order valence-corrected chi connectivity index (χ4v) is 3.83. The summed E-state index contributed by atoms with van der Waals surface area (Å²) in [5.41, 5.74) is 12.7. The molecule has 0 heterocycles. The normalized spacial score (nSPS) is 14.8. The summed E-state index contributed by atoms with van der Waals surface area (Å²) in [6.45, 7) is 1.81. The van der Waals surface area contributed by atoms with Crippen LogP contribution in [0.2, 0.25) is 0 Å². The van der Waals surface area contributed by atoms with E-state index in [1.807, 2.05) is 13.0 Å². The van der Waals surface area contributed by atoms with Gasteiger partial charge in [0.1, 0.15) is 5.82 Å². The van der Waals surface area contributed by atoms with E-state index in [0.717, 1.165) is 28.5 Å². The molecule has 0 unspecified atom stereocenters. The van der Waals surface area contributed by atoms with Gasteiger partial charge in [-0.15, -0.1) is 0 Å². The van der Waals surface area contributed by atoms with Crippen LogP contribution in [-0.2, 0) is 14.6 Å². The summed E-state index contributed by atoms with van der Waals surface area (Å²) in [4.78, 5) is 14.5. The van der Waals surface area contributed by atoms with Crippen molar-refractivity contribution in [3.05, 3.63) is 81.0 Å². The second-order valence-corrected chi connectivity index (χ2v) is 8.47. The zero-order valence-corrected chi connectivity index (χ0v) is 16.0. The second-order valence-electron chi connectivity index (χ2n) is 6.45. The molecule has 0 aliphatic heterocycles. The summed E-state index contributed by atoms with van der Waals surface area (Å²) < 4.78 is 37.0. The van der Waals surface area contributed by atoms with Crippen molar-refractivity contribution in [2.75, 3.05) is 6.26 Å². The number of carbonyl (C=O) groups is 1. The summed E-state index contributed by atoms with van der Waals surface area (Å²) in [5, 5.41) is 3.10. The van der Waals surface area contributed by atoms with Gasteiger partial charge in [0, 0.05) is 17.6 Å². The van der Waals surface area contributed by atoms with Crippen LogP contribution in [0.25, 0.3) is 27.7 Å². The highest BCUT2D eigenvalue weighted by Crippen LogP contribution is 2.44. The van der Waals surface area contributed by atoms with Crippen LogP contribution in [0, 0.1) is 5.82 Å². The maximum absolute atomic E-state index is 13.8. The first kappa shape index (κ1) is 19.5. The van der Waals surface area contributed by atoms with Gasteiger partial charge in [-0.3, -0.25) is 4.79 Å². The molecule has 0 aromatic heterocycles. The van der Waals surface area contributed by atoms with E-state index in [-0.39, 0.29) is 11.3 Å². The quantitative estimate of drug-likeness (QED) is 0.421. The average molecular weight is 397 g/mol. The number of azide groups is 1. The van der Waals surface area contributed by atoms with Crippen LogP contribution in [0.5, 0.6) is 0 Å². The maximum atomic E-state index is 13.8. The molecule has 0 saturated heterocycles. The molecule has 1 aliphatic rings. The third kappa shape index (κ3) is 3.88. The van der Waals surface area contributed by atoms with Crippen LogP contribution in [-0.4, -0.2) is 20.6 Å². The molecule has 0 fully saturated rings. The van der Waals surface area contributed by atoms with Crippen molar-refractivity contribution in [1.29, 1.82) is 0 Å². The zero-order valence-electron chi connectivity index (χ0n) is 15.2. The Labute approximate surface area is 161 Å². The predicted molar refractivity (Wildman–Crippen MR) is 105 cm³/mol. The lowest BCUT2D eigenvalue weighted by Gasteiger charge is -2.05. The van der Waals surface area contributed by atoms with E-state index in [1.54, 1.807) is 18.2 Å². The van der Waals surface area contributed by atoms with Crippen molar-refractivity contribution in [1.82, 2.24) is 0 Å². The molecule has 0 spiro atoms. The number of fused-ring (bicyclic) bond motifs is 1. The molecule has 142 valence electrons. The van der Waals surface area contributed by atoms with Crippen LogP contribution in [0.15, 0.2) is 58.0 Å². The maximum Gasteiger partial charge on any atom is 0.223 e. The van der Waals surface area contributed by atoms with Gasteiger partial charge in [0.25, 0.3) is 0 Å². The summed E-state index contributed by atoms with van der Waals surface area (Å²) in [6, 6.07) is 10.7. The van der Waals surface area contributed by atoms with Gasteiger partial charge in [0.15, 0.2) is 9.84 Å². The van der Waals surface area contributed by atoms with E-state index in [2.05, 4.69) is 10.0 Å². The molecule has 2 aromatic rings. The third-order valence-electron chi connectivity index (χ3n) is 4.56. The van der Waals surface area contributed by atoms with Crippen molar-refractivity contribution in [2.45, 2.75) is 18.2 Å². The Morgan fingerprint density at radius 3 is 2.46 bits per heavy atom. The number of amides is 1. The number of halogens is 1. The first-order valence-electron chi connectivity index (χ1n) is 8.31. The van der Waals surface area contributed by atoms with Gasteiger partial charge in [0.2, 0.25) is 5.91 Å². The Balaban J connectivity index is 2.10. The summed E-state index contributed by atoms with van der Waals surface area (Å²) in [7, 11) is -3.29. The molecule has 0 saturated carbocycles.